The van der Waals surface area contributed by atoms with Crippen LogP contribution < -0.4 is 5.32 Å². The normalized spacial score (nSPS) is 14.8. The van der Waals surface area contributed by atoms with Crippen molar-refractivity contribution >= 4 is 0 Å². The van der Waals surface area contributed by atoms with Gasteiger partial charge in [0.15, 0.2) is 0 Å². The van der Waals surface area contributed by atoms with Crippen LogP contribution in [0.1, 0.15) is 43.0 Å². The van der Waals surface area contributed by atoms with E-state index in [1.165, 1.54) is 16.7 Å². The third-order valence-corrected chi connectivity index (χ3v) is 2.94. The molecule has 0 radical (unpaired) electrons. The largest absolute Gasteiger partial charge is 0.395 e. The maximum atomic E-state index is 9.17. The number of hydrogen-bond acceptors (Lipinski definition) is 2. The lowest BCUT2D eigenvalue weighted by atomic mass is 10.0. The molecule has 0 heterocycles. The first-order valence-corrected chi connectivity index (χ1v) is 6.02. The van der Waals surface area contributed by atoms with Crippen molar-refractivity contribution < 1.29 is 5.11 Å². The van der Waals surface area contributed by atoms with Crippen LogP contribution in [0.3, 0.4) is 0 Å². The van der Waals surface area contributed by atoms with Gasteiger partial charge >= 0.3 is 0 Å². The van der Waals surface area contributed by atoms with Crippen LogP contribution in [0.5, 0.6) is 0 Å². The Balaban J connectivity index is 2.75. The summed E-state index contributed by atoms with van der Waals surface area (Å²) < 4.78 is 0. The second-order valence-electron chi connectivity index (χ2n) is 4.60. The van der Waals surface area contributed by atoms with Gasteiger partial charge in [0.1, 0.15) is 0 Å². The lowest BCUT2D eigenvalue weighted by molar-refractivity contribution is 0.230. The van der Waals surface area contributed by atoms with Crippen molar-refractivity contribution in [1.82, 2.24) is 5.32 Å². The predicted octanol–water partition coefficient (Wildman–Crippen LogP) is 2.72. The van der Waals surface area contributed by atoms with Gasteiger partial charge in [0, 0.05) is 12.1 Å². The van der Waals surface area contributed by atoms with E-state index in [0.29, 0.717) is 0 Å². The molecular weight excluding hydrogens is 198 g/mol. The first-order valence-electron chi connectivity index (χ1n) is 6.02. The minimum absolute atomic E-state index is 0.191. The summed E-state index contributed by atoms with van der Waals surface area (Å²) >= 11 is 0. The van der Waals surface area contributed by atoms with E-state index >= 15 is 0 Å². The second kappa shape index (κ2) is 6.02. The Labute approximate surface area is 98.7 Å². The predicted molar refractivity (Wildman–Crippen MR) is 68.6 cm³/mol. The first kappa shape index (κ1) is 13.2. The fraction of sp³-hybridized carbons (Fsp3) is 0.571. The lowest BCUT2D eigenvalue weighted by Gasteiger charge is -2.21. The zero-order chi connectivity index (χ0) is 12.1. The monoisotopic (exact) mass is 221 g/mol. The van der Waals surface area contributed by atoms with E-state index < -0.39 is 0 Å². The van der Waals surface area contributed by atoms with E-state index in [9.17, 15) is 0 Å². The molecule has 16 heavy (non-hydrogen) atoms. The van der Waals surface area contributed by atoms with Crippen LogP contribution in [0.15, 0.2) is 18.2 Å². The molecule has 0 bridgehead atoms. The SMILES string of the molecule is CC[C@H](CO)NC(C)c1cc(C)cc(C)c1. The van der Waals surface area contributed by atoms with Gasteiger partial charge in [-0.15, -0.1) is 0 Å². The van der Waals surface area contributed by atoms with Gasteiger partial charge in [-0.1, -0.05) is 36.2 Å². The fourth-order valence-electron chi connectivity index (χ4n) is 2.01. The van der Waals surface area contributed by atoms with E-state index in [2.05, 4.69) is 51.2 Å². The summed E-state index contributed by atoms with van der Waals surface area (Å²) in [4.78, 5) is 0. The molecule has 0 amide bonds. The summed E-state index contributed by atoms with van der Waals surface area (Å²) in [7, 11) is 0. The smallest absolute Gasteiger partial charge is 0.0584 e. The van der Waals surface area contributed by atoms with Gasteiger partial charge < -0.3 is 10.4 Å². The average molecular weight is 221 g/mol. The minimum Gasteiger partial charge on any atom is -0.395 e. The molecule has 2 heteroatoms. The molecule has 0 aliphatic heterocycles. The molecule has 1 unspecified atom stereocenters. The summed E-state index contributed by atoms with van der Waals surface area (Å²) in [6.07, 6.45) is 0.950. The van der Waals surface area contributed by atoms with Crippen LogP contribution >= 0.6 is 0 Å². The van der Waals surface area contributed by atoms with Crippen molar-refractivity contribution in [3.63, 3.8) is 0 Å². The van der Waals surface area contributed by atoms with Gasteiger partial charge in [0.2, 0.25) is 0 Å². The summed E-state index contributed by atoms with van der Waals surface area (Å²) in [5.74, 6) is 0. The molecule has 2 nitrogen and oxygen atoms in total. The number of rotatable bonds is 5. The number of aliphatic hydroxyl groups is 1. The second-order valence-corrected chi connectivity index (χ2v) is 4.60. The highest BCUT2D eigenvalue weighted by Crippen LogP contribution is 2.17. The molecule has 0 saturated carbocycles. The highest BCUT2D eigenvalue weighted by atomic mass is 16.3. The fourth-order valence-corrected chi connectivity index (χ4v) is 2.01. The Morgan fingerprint density at radius 1 is 1.19 bits per heavy atom. The Kier molecular flexibility index (Phi) is 4.97. The molecule has 1 aromatic rings. The average Bonchev–Trinajstić information content (AvgIpc) is 2.24. The van der Waals surface area contributed by atoms with E-state index in [4.69, 9.17) is 5.11 Å². The summed E-state index contributed by atoms with van der Waals surface area (Å²) in [5, 5.41) is 12.6. The Morgan fingerprint density at radius 3 is 2.19 bits per heavy atom. The highest BCUT2D eigenvalue weighted by Gasteiger charge is 2.11. The standard InChI is InChI=1S/C14H23NO/c1-5-14(9-16)15-12(4)13-7-10(2)6-11(3)8-13/h6-8,12,14-16H,5,9H2,1-4H3/t12?,14-/m1/s1. The first-order chi connectivity index (χ1) is 7.56. The van der Waals surface area contributed by atoms with Gasteiger partial charge in [0.05, 0.1) is 6.61 Å². The maximum absolute atomic E-state index is 9.17. The number of aliphatic hydroxyl groups excluding tert-OH is 1. The number of nitrogens with one attached hydrogen (secondary N) is 1. The Morgan fingerprint density at radius 2 is 1.75 bits per heavy atom. The molecule has 0 aliphatic carbocycles. The summed E-state index contributed by atoms with van der Waals surface area (Å²) in [6.45, 7) is 8.67. The summed E-state index contributed by atoms with van der Waals surface area (Å²) in [6, 6.07) is 7.06. The van der Waals surface area contributed by atoms with Crippen molar-refractivity contribution in [3.05, 3.63) is 34.9 Å². The van der Waals surface area contributed by atoms with Crippen molar-refractivity contribution in [3.8, 4) is 0 Å². The highest BCUT2D eigenvalue weighted by molar-refractivity contribution is 5.30. The van der Waals surface area contributed by atoms with Gasteiger partial charge in [0.25, 0.3) is 0 Å². The van der Waals surface area contributed by atoms with E-state index in [1.54, 1.807) is 0 Å². The van der Waals surface area contributed by atoms with Crippen LogP contribution in [0.25, 0.3) is 0 Å². The quantitative estimate of drug-likeness (QED) is 0.801. The number of hydrogen-bond donors (Lipinski definition) is 2. The van der Waals surface area contributed by atoms with Gasteiger partial charge in [-0.25, -0.2) is 0 Å². The minimum atomic E-state index is 0.191. The molecule has 0 aliphatic rings. The molecule has 0 aromatic heterocycles. The van der Waals surface area contributed by atoms with Crippen molar-refractivity contribution in [1.29, 1.82) is 0 Å². The van der Waals surface area contributed by atoms with Crippen LogP contribution in [0, 0.1) is 13.8 Å². The van der Waals surface area contributed by atoms with E-state index in [0.717, 1.165) is 6.42 Å². The number of benzene rings is 1. The van der Waals surface area contributed by atoms with Crippen LogP contribution in [0.2, 0.25) is 0 Å². The van der Waals surface area contributed by atoms with Crippen LogP contribution in [-0.4, -0.2) is 17.8 Å². The molecule has 2 N–H and O–H groups in total. The molecule has 2 atom stereocenters. The third-order valence-electron chi connectivity index (χ3n) is 2.94. The molecule has 1 aromatic carbocycles. The molecule has 0 spiro atoms. The van der Waals surface area contributed by atoms with Gasteiger partial charge in [-0.2, -0.15) is 0 Å². The van der Waals surface area contributed by atoms with Crippen molar-refractivity contribution in [2.75, 3.05) is 6.61 Å². The Hall–Kier alpha value is -0.860. The van der Waals surface area contributed by atoms with Crippen molar-refractivity contribution in [2.24, 2.45) is 0 Å². The molecule has 1 rings (SSSR count). The molecule has 0 fully saturated rings. The lowest BCUT2D eigenvalue weighted by Crippen LogP contribution is -2.33. The topological polar surface area (TPSA) is 32.3 Å². The van der Waals surface area contributed by atoms with Gasteiger partial charge in [-0.05, 0) is 32.8 Å². The molecular formula is C14H23NO. The van der Waals surface area contributed by atoms with E-state index in [-0.39, 0.29) is 18.7 Å². The number of aryl methyl sites for hydroxylation is 2. The summed E-state index contributed by atoms with van der Waals surface area (Å²) in [5.41, 5.74) is 3.88. The van der Waals surface area contributed by atoms with E-state index in [1.807, 2.05) is 0 Å². The maximum Gasteiger partial charge on any atom is 0.0584 e. The van der Waals surface area contributed by atoms with Gasteiger partial charge in [-0.3, -0.25) is 0 Å². The molecule has 90 valence electrons. The van der Waals surface area contributed by atoms with Crippen LogP contribution in [-0.2, 0) is 0 Å². The third kappa shape index (κ3) is 3.62. The van der Waals surface area contributed by atoms with Crippen LogP contribution in [0.4, 0.5) is 0 Å². The Bertz CT molecular complexity index is 311. The molecule has 0 saturated heterocycles. The zero-order valence-electron chi connectivity index (χ0n) is 10.7. The van der Waals surface area contributed by atoms with Crippen molar-refractivity contribution in [2.45, 2.75) is 46.2 Å². The zero-order valence-corrected chi connectivity index (χ0v) is 10.7.